The Balaban J connectivity index is 1.71. The second kappa shape index (κ2) is 12.4. The lowest BCUT2D eigenvalue weighted by atomic mass is 9.78. The normalized spacial score (nSPS) is 17.2. The zero-order valence-corrected chi connectivity index (χ0v) is 31.0. The van der Waals surface area contributed by atoms with Crippen LogP contribution in [0.25, 0.3) is 11.1 Å². The number of phenolic OH excluding ortho intramolecular Hbond substituents is 2. The van der Waals surface area contributed by atoms with E-state index in [1.165, 1.54) is 0 Å². The Labute approximate surface area is 288 Å². The summed E-state index contributed by atoms with van der Waals surface area (Å²) in [5, 5.41) is 23.2. The molecule has 0 radical (unpaired) electrons. The molecule has 0 spiro atoms. The number of fused-ring (bicyclic) bond motifs is 3. The van der Waals surface area contributed by atoms with E-state index in [2.05, 4.69) is 156 Å². The number of aromatic hydroxyl groups is 2. The van der Waals surface area contributed by atoms with E-state index in [0.717, 1.165) is 44.5 Å². The lowest BCUT2D eigenvalue weighted by Gasteiger charge is -2.31. The molecule has 5 rings (SSSR count). The van der Waals surface area contributed by atoms with Gasteiger partial charge in [-0.25, -0.2) is 0 Å². The maximum Gasteiger partial charge on any atom is 0.128 e. The van der Waals surface area contributed by atoms with Crippen molar-refractivity contribution in [1.29, 1.82) is 0 Å². The number of aliphatic imine (C=N–C) groups is 2. The van der Waals surface area contributed by atoms with Crippen molar-refractivity contribution in [2.45, 2.75) is 117 Å². The van der Waals surface area contributed by atoms with Crippen LogP contribution in [-0.4, -0.2) is 22.6 Å². The lowest BCUT2D eigenvalue weighted by Crippen LogP contribution is -2.18. The molecule has 0 fully saturated rings. The Morgan fingerprint density at radius 2 is 0.812 bits per heavy atom. The lowest BCUT2D eigenvalue weighted by molar-refractivity contribution is 0.442. The van der Waals surface area contributed by atoms with Gasteiger partial charge in [-0.1, -0.05) is 144 Å². The fraction of sp³-hybridized carbons (Fsp3) is 0.409. The summed E-state index contributed by atoms with van der Waals surface area (Å²) in [4.78, 5) is 10.5. The Morgan fingerprint density at radius 3 is 1.12 bits per heavy atom. The van der Waals surface area contributed by atoms with Crippen molar-refractivity contribution >= 4 is 12.4 Å². The highest BCUT2D eigenvalue weighted by Gasteiger charge is 2.33. The summed E-state index contributed by atoms with van der Waals surface area (Å²) < 4.78 is 0. The zero-order valence-electron chi connectivity index (χ0n) is 31.0. The first-order chi connectivity index (χ1) is 22.2. The third-order valence-electron chi connectivity index (χ3n) is 9.52. The van der Waals surface area contributed by atoms with Crippen LogP contribution in [0.1, 0.15) is 140 Å². The molecule has 0 unspecified atom stereocenters. The largest absolute Gasteiger partial charge is 0.507 e. The summed E-state index contributed by atoms with van der Waals surface area (Å²) in [6.45, 7) is 25.9. The molecule has 0 saturated heterocycles. The Morgan fingerprint density at radius 1 is 0.479 bits per heavy atom. The molecule has 252 valence electrons. The molecular weight excluding hydrogens is 588 g/mol. The van der Waals surface area contributed by atoms with Gasteiger partial charge in [-0.3, -0.25) is 9.98 Å². The highest BCUT2D eigenvalue weighted by atomic mass is 16.3. The van der Waals surface area contributed by atoms with Crippen LogP contribution < -0.4 is 0 Å². The molecule has 4 aromatic carbocycles. The quantitative estimate of drug-likeness (QED) is 0.218. The minimum Gasteiger partial charge on any atom is -0.507 e. The molecule has 0 aromatic heterocycles. The summed E-state index contributed by atoms with van der Waals surface area (Å²) in [6, 6.07) is 24.5. The molecule has 2 atom stereocenters. The molecule has 0 heterocycles. The van der Waals surface area contributed by atoms with Gasteiger partial charge < -0.3 is 10.2 Å². The molecule has 0 saturated carbocycles. The SMILES string of the molecule is CC(C)(C)c1cc(C=N[C@H]2c3ccccc3-c3ccccc3[C@@H]2N=Cc2cc(C(C)(C)C)cc(C(C)(C)C)c2O)c(O)c(C(C)(C)C)c1. The second-order valence-corrected chi connectivity index (χ2v) is 17.5. The van der Waals surface area contributed by atoms with E-state index in [1.54, 1.807) is 0 Å². The van der Waals surface area contributed by atoms with Crippen molar-refractivity contribution < 1.29 is 10.2 Å². The third-order valence-corrected chi connectivity index (χ3v) is 9.52. The first-order valence-electron chi connectivity index (χ1n) is 17.2. The van der Waals surface area contributed by atoms with Crippen molar-refractivity contribution in [2.24, 2.45) is 9.98 Å². The molecule has 0 amide bonds. The first kappa shape index (κ1) is 35.1. The number of rotatable bonds is 4. The van der Waals surface area contributed by atoms with Crippen molar-refractivity contribution in [2.75, 3.05) is 0 Å². The summed E-state index contributed by atoms with van der Waals surface area (Å²) >= 11 is 0. The monoisotopic (exact) mass is 642 g/mol. The molecule has 1 aliphatic rings. The van der Waals surface area contributed by atoms with Gasteiger partial charge in [-0.2, -0.15) is 0 Å². The van der Waals surface area contributed by atoms with Gasteiger partial charge in [0.15, 0.2) is 0 Å². The number of phenols is 2. The summed E-state index contributed by atoms with van der Waals surface area (Å²) in [5.74, 6) is 0.532. The van der Waals surface area contributed by atoms with Gasteiger partial charge in [-0.15, -0.1) is 0 Å². The van der Waals surface area contributed by atoms with E-state index in [0.29, 0.717) is 11.1 Å². The molecule has 0 bridgehead atoms. The number of hydrogen-bond acceptors (Lipinski definition) is 4. The van der Waals surface area contributed by atoms with Crippen LogP contribution in [0.2, 0.25) is 0 Å². The van der Waals surface area contributed by atoms with Gasteiger partial charge in [-0.05, 0) is 67.2 Å². The molecule has 4 aromatic rings. The van der Waals surface area contributed by atoms with E-state index in [4.69, 9.17) is 9.98 Å². The zero-order chi connectivity index (χ0) is 35.4. The Kier molecular flexibility index (Phi) is 9.05. The van der Waals surface area contributed by atoms with Gasteiger partial charge in [0, 0.05) is 34.7 Å². The van der Waals surface area contributed by atoms with Crippen LogP contribution in [0.5, 0.6) is 11.5 Å². The first-order valence-corrected chi connectivity index (χ1v) is 17.2. The summed E-state index contributed by atoms with van der Waals surface area (Å²) in [7, 11) is 0. The van der Waals surface area contributed by atoms with E-state index < -0.39 is 0 Å². The van der Waals surface area contributed by atoms with Crippen molar-refractivity contribution in [1.82, 2.24) is 0 Å². The average molecular weight is 643 g/mol. The number of hydrogen-bond donors (Lipinski definition) is 2. The molecule has 0 aliphatic heterocycles. The highest BCUT2D eigenvalue weighted by molar-refractivity contribution is 5.87. The molecular formula is C44H54N2O2. The summed E-state index contributed by atoms with van der Waals surface area (Å²) in [6.07, 6.45) is 3.68. The smallest absolute Gasteiger partial charge is 0.128 e. The fourth-order valence-corrected chi connectivity index (χ4v) is 6.51. The minimum absolute atomic E-state index is 0.102. The van der Waals surface area contributed by atoms with Gasteiger partial charge >= 0.3 is 0 Å². The predicted octanol–water partition coefficient (Wildman–Crippen LogP) is 11.3. The molecule has 4 nitrogen and oxygen atoms in total. The van der Waals surface area contributed by atoms with Gasteiger partial charge in [0.05, 0.1) is 0 Å². The maximum absolute atomic E-state index is 11.6. The van der Waals surface area contributed by atoms with Gasteiger partial charge in [0.2, 0.25) is 0 Å². The van der Waals surface area contributed by atoms with Gasteiger partial charge in [0.25, 0.3) is 0 Å². The van der Waals surface area contributed by atoms with E-state index in [9.17, 15) is 10.2 Å². The minimum atomic E-state index is -0.349. The van der Waals surface area contributed by atoms with E-state index in [1.807, 2.05) is 12.4 Å². The molecule has 1 aliphatic carbocycles. The van der Waals surface area contributed by atoms with Crippen molar-refractivity contribution in [3.8, 4) is 22.6 Å². The van der Waals surface area contributed by atoms with Crippen LogP contribution in [-0.2, 0) is 21.7 Å². The average Bonchev–Trinajstić information content (AvgIpc) is 2.98. The van der Waals surface area contributed by atoms with Crippen LogP contribution in [0, 0.1) is 0 Å². The van der Waals surface area contributed by atoms with Crippen molar-refractivity contribution in [3.05, 3.63) is 117 Å². The third kappa shape index (κ3) is 6.99. The Hall–Kier alpha value is -4.18. The van der Waals surface area contributed by atoms with Gasteiger partial charge in [0.1, 0.15) is 23.6 Å². The highest BCUT2D eigenvalue weighted by Crippen LogP contribution is 2.49. The van der Waals surface area contributed by atoms with Crippen LogP contribution >= 0.6 is 0 Å². The molecule has 48 heavy (non-hydrogen) atoms. The topological polar surface area (TPSA) is 65.2 Å². The number of nitrogens with zero attached hydrogens (tertiary/aromatic N) is 2. The van der Waals surface area contributed by atoms with E-state index in [-0.39, 0.29) is 45.2 Å². The predicted molar refractivity (Wildman–Crippen MR) is 204 cm³/mol. The number of benzene rings is 4. The van der Waals surface area contributed by atoms with E-state index >= 15 is 0 Å². The Bertz CT molecular complexity index is 1750. The van der Waals surface area contributed by atoms with Crippen LogP contribution in [0.15, 0.2) is 82.8 Å². The summed E-state index contributed by atoms with van der Waals surface area (Å²) in [5.41, 5.74) is 9.28. The van der Waals surface area contributed by atoms with Crippen LogP contribution in [0.3, 0.4) is 0 Å². The standard InChI is InChI=1S/C44H54N2O2/c1-41(2,3)29-21-27(39(47)35(23-29)43(7,8)9)25-45-37-33-19-15-13-17-31(33)32-18-14-16-20-34(32)38(37)46-26-28-22-30(42(4,5)6)24-36(40(28)48)44(10,11)12/h13-26,37-38,47-48H,1-12H3/t37-,38-/m0/s1. The van der Waals surface area contributed by atoms with Crippen LogP contribution in [0.4, 0.5) is 0 Å². The second-order valence-electron chi connectivity index (χ2n) is 17.5. The van der Waals surface area contributed by atoms with Crippen molar-refractivity contribution in [3.63, 3.8) is 0 Å². The molecule has 4 heteroatoms. The fourth-order valence-electron chi connectivity index (χ4n) is 6.51. The molecule has 2 N–H and O–H groups in total. The maximum atomic E-state index is 11.6.